The number of amides is 1. The lowest BCUT2D eigenvalue weighted by Crippen LogP contribution is -3.11. The van der Waals surface area contributed by atoms with Gasteiger partial charge in [0.15, 0.2) is 18.1 Å². The predicted octanol–water partition coefficient (Wildman–Crippen LogP) is 2.44. The molecule has 29 heavy (non-hydrogen) atoms. The van der Waals surface area contributed by atoms with Gasteiger partial charge in [0.1, 0.15) is 6.54 Å². The molecule has 2 N–H and O–H groups in total. The van der Waals surface area contributed by atoms with Gasteiger partial charge in [-0.05, 0) is 63.2 Å². The molecule has 0 bridgehead atoms. The summed E-state index contributed by atoms with van der Waals surface area (Å²) in [6.07, 6.45) is -0.191. The molecule has 0 aromatic heterocycles. The summed E-state index contributed by atoms with van der Waals surface area (Å²) < 4.78 is 23.9. The summed E-state index contributed by atoms with van der Waals surface area (Å²) in [5.74, 6) is -0.772. The normalized spacial score (nSPS) is 11.8. The summed E-state index contributed by atoms with van der Waals surface area (Å²) in [5, 5.41) is 2.82. The first kappa shape index (κ1) is 22.4. The first-order chi connectivity index (χ1) is 13.8. The molecule has 0 saturated heterocycles. The van der Waals surface area contributed by atoms with E-state index in [9.17, 15) is 14.0 Å². The van der Waals surface area contributed by atoms with Crippen LogP contribution >= 0.6 is 0 Å². The monoisotopic (exact) mass is 403 g/mol. The van der Waals surface area contributed by atoms with Gasteiger partial charge in [-0.2, -0.15) is 0 Å². The standard InChI is InChI=1S/C22H27FN2O4/c1-5-25(13-16-6-11-20(28-4)19(23)12-16)14-21(26)24-18-9-7-17(8-10-18)22(27)29-15(2)3/h6-12,15H,5,13-14H2,1-4H3,(H,24,26)/p+1. The van der Waals surface area contributed by atoms with E-state index in [2.05, 4.69) is 5.32 Å². The van der Waals surface area contributed by atoms with Crippen LogP contribution in [-0.4, -0.2) is 38.2 Å². The number of hydrogen-bond donors (Lipinski definition) is 2. The lowest BCUT2D eigenvalue weighted by atomic mass is 10.2. The Morgan fingerprint density at radius 2 is 1.83 bits per heavy atom. The number of rotatable bonds is 9. The third-order valence-electron chi connectivity index (χ3n) is 4.33. The molecule has 0 saturated carbocycles. The van der Waals surface area contributed by atoms with E-state index in [1.54, 1.807) is 50.2 Å². The Balaban J connectivity index is 1.92. The molecular weight excluding hydrogens is 375 g/mol. The lowest BCUT2D eigenvalue weighted by Gasteiger charge is -2.18. The number of benzene rings is 2. The van der Waals surface area contributed by atoms with E-state index >= 15 is 0 Å². The van der Waals surface area contributed by atoms with E-state index in [4.69, 9.17) is 9.47 Å². The molecule has 2 rings (SSSR count). The summed E-state index contributed by atoms with van der Waals surface area (Å²) in [4.78, 5) is 25.2. The van der Waals surface area contributed by atoms with E-state index in [0.29, 0.717) is 24.3 Å². The average molecular weight is 403 g/mol. The highest BCUT2D eigenvalue weighted by Crippen LogP contribution is 2.17. The van der Waals surface area contributed by atoms with Crippen molar-refractivity contribution in [1.82, 2.24) is 0 Å². The second-order valence-electron chi connectivity index (χ2n) is 7.01. The molecule has 6 nitrogen and oxygen atoms in total. The minimum atomic E-state index is -0.416. The Hall–Kier alpha value is -2.93. The highest BCUT2D eigenvalue weighted by Gasteiger charge is 2.15. The van der Waals surface area contributed by atoms with Crippen molar-refractivity contribution >= 4 is 17.6 Å². The fraction of sp³-hybridized carbons (Fsp3) is 0.364. The summed E-state index contributed by atoms with van der Waals surface area (Å²) in [5.41, 5.74) is 1.82. The fourth-order valence-corrected chi connectivity index (χ4v) is 2.83. The van der Waals surface area contributed by atoms with Gasteiger partial charge in [0.05, 0.1) is 25.3 Å². The van der Waals surface area contributed by atoms with E-state index in [1.807, 2.05) is 6.92 Å². The van der Waals surface area contributed by atoms with E-state index < -0.39 is 11.8 Å². The highest BCUT2D eigenvalue weighted by atomic mass is 19.1. The van der Waals surface area contributed by atoms with Crippen molar-refractivity contribution in [2.75, 3.05) is 25.5 Å². The number of esters is 1. The van der Waals surface area contributed by atoms with E-state index in [0.717, 1.165) is 10.5 Å². The van der Waals surface area contributed by atoms with Crippen molar-refractivity contribution in [3.05, 3.63) is 59.4 Å². The SMILES string of the molecule is CC[NH+](CC(=O)Nc1ccc(C(=O)OC(C)C)cc1)Cc1ccc(OC)c(F)c1. The average Bonchev–Trinajstić information content (AvgIpc) is 2.67. The number of ether oxygens (including phenoxy) is 2. The third kappa shape index (κ3) is 6.87. The minimum Gasteiger partial charge on any atom is -0.494 e. The Morgan fingerprint density at radius 3 is 2.38 bits per heavy atom. The zero-order valence-electron chi connectivity index (χ0n) is 17.3. The van der Waals surface area contributed by atoms with Crippen LogP contribution in [0.4, 0.5) is 10.1 Å². The van der Waals surface area contributed by atoms with Crippen LogP contribution in [0.15, 0.2) is 42.5 Å². The number of hydrogen-bond acceptors (Lipinski definition) is 4. The zero-order chi connectivity index (χ0) is 21.4. The maximum absolute atomic E-state index is 13.9. The first-order valence-electron chi connectivity index (χ1n) is 9.59. The van der Waals surface area contributed by atoms with Gasteiger partial charge in [-0.1, -0.05) is 0 Å². The van der Waals surface area contributed by atoms with Crippen LogP contribution in [0.1, 0.15) is 36.7 Å². The number of anilines is 1. The van der Waals surface area contributed by atoms with Gasteiger partial charge in [0.25, 0.3) is 5.91 Å². The number of halogens is 1. The van der Waals surface area contributed by atoms with Gasteiger partial charge in [-0.15, -0.1) is 0 Å². The van der Waals surface area contributed by atoms with Crippen molar-refractivity contribution < 1.29 is 28.4 Å². The maximum Gasteiger partial charge on any atom is 0.338 e. The summed E-state index contributed by atoms with van der Waals surface area (Å²) in [6, 6.07) is 11.4. The summed E-state index contributed by atoms with van der Waals surface area (Å²) in [6.45, 7) is 7.01. The van der Waals surface area contributed by atoms with Gasteiger partial charge in [-0.25, -0.2) is 9.18 Å². The van der Waals surface area contributed by atoms with E-state index in [-0.39, 0.29) is 24.3 Å². The van der Waals surface area contributed by atoms with Crippen LogP contribution in [0, 0.1) is 5.82 Å². The van der Waals surface area contributed by atoms with Crippen LogP contribution in [0.3, 0.4) is 0 Å². The number of likely N-dealkylation sites (N-methyl/N-ethyl adjacent to an activating group) is 1. The van der Waals surface area contributed by atoms with Crippen molar-refractivity contribution in [2.24, 2.45) is 0 Å². The molecule has 156 valence electrons. The fourth-order valence-electron chi connectivity index (χ4n) is 2.83. The molecule has 0 heterocycles. The number of carbonyl (C=O) groups is 2. The van der Waals surface area contributed by atoms with Crippen LogP contribution in [0.25, 0.3) is 0 Å². The largest absolute Gasteiger partial charge is 0.494 e. The Bertz CT molecular complexity index is 837. The van der Waals surface area contributed by atoms with Crippen molar-refractivity contribution in [2.45, 2.75) is 33.4 Å². The topological polar surface area (TPSA) is 69.1 Å². The second kappa shape index (κ2) is 10.6. The van der Waals surface area contributed by atoms with Gasteiger partial charge < -0.3 is 19.7 Å². The number of methoxy groups -OCH3 is 1. The number of carbonyl (C=O) groups excluding carboxylic acids is 2. The quantitative estimate of drug-likeness (QED) is 0.631. The predicted molar refractivity (Wildman–Crippen MR) is 109 cm³/mol. The zero-order valence-corrected chi connectivity index (χ0v) is 17.3. The van der Waals surface area contributed by atoms with Crippen molar-refractivity contribution in [3.8, 4) is 5.75 Å². The smallest absolute Gasteiger partial charge is 0.338 e. The van der Waals surface area contributed by atoms with Gasteiger partial charge >= 0.3 is 5.97 Å². The van der Waals surface area contributed by atoms with Crippen molar-refractivity contribution in [1.29, 1.82) is 0 Å². The third-order valence-corrected chi connectivity index (χ3v) is 4.33. The Labute approximate surface area is 170 Å². The van der Waals surface area contributed by atoms with Crippen LogP contribution in [0.2, 0.25) is 0 Å². The van der Waals surface area contributed by atoms with Gasteiger partial charge in [0.2, 0.25) is 0 Å². The Kier molecular flexibility index (Phi) is 8.15. The van der Waals surface area contributed by atoms with Crippen LogP contribution in [0.5, 0.6) is 5.75 Å². The molecule has 2 aromatic carbocycles. The van der Waals surface area contributed by atoms with E-state index in [1.165, 1.54) is 13.2 Å². The van der Waals surface area contributed by atoms with Crippen LogP contribution in [-0.2, 0) is 16.1 Å². The lowest BCUT2D eigenvalue weighted by molar-refractivity contribution is -0.903. The molecule has 1 amide bonds. The molecule has 0 aliphatic rings. The molecule has 7 heteroatoms. The molecule has 0 spiro atoms. The molecule has 1 unspecified atom stereocenters. The molecule has 0 aliphatic carbocycles. The van der Waals surface area contributed by atoms with Gasteiger partial charge in [0, 0.05) is 11.3 Å². The van der Waals surface area contributed by atoms with Crippen molar-refractivity contribution in [3.63, 3.8) is 0 Å². The minimum absolute atomic E-state index is 0.159. The van der Waals surface area contributed by atoms with Gasteiger partial charge in [-0.3, -0.25) is 4.79 Å². The maximum atomic E-state index is 13.9. The van der Waals surface area contributed by atoms with Crippen LogP contribution < -0.4 is 15.0 Å². The summed E-state index contributed by atoms with van der Waals surface area (Å²) >= 11 is 0. The number of quaternary nitrogens is 1. The molecule has 0 aliphatic heterocycles. The second-order valence-corrected chi connectivity index (χ2v) is 7.01. The molecule has 0 fully saturated rings. The first-order valence-corrected chi connectivity index (χ1v) is 9.59. The molecular formula is C22H28FN2O4+. The highest BCUT2D eigenvalue weighted by molar-refractivity contribution is 5.93. The summed E-state index contributed by atoms with van der Waals surface area (Å²) in [7, 11) is 1.42. The Morgan fingerprint density at radius 1 is 1.14 bits per heavy atom. The molecule has 0 radical (unpaired) electrons. The number of nitrogens with one attached hydrogen (secondary N) is 2. The molecule has 2 aromatic rings. The molecule has 1 atom stereocenters.